The van der Waals surface area contributed by atoms with Gasteiger partial charge in [0.15, 0.2) is 0 Å². The second-order valence-electron chi connectivity index (χ2n) is 4.25. The zero-order valence-electron chi connectivity index (χ0n) is 10.7. The van der Waals surface area contributed by atoms with E-state index in [1.165, 1.54) is 17.4 Å². The molecule has 0 atom stereocenters. The van der Waals surface area contributed by atoms with Crippen LogP contribution < -0.4 is 5.32 Å². The van der Waals surface area contributed by atoms with Gasteiger partial charge in [0.25, 0.3) is 0 Å². The summed E-state index contributed by atoms with van der Waals surface area (Å²) >= 11 is 1.43. The molecule has 2 rings (SSSR count). The van der Waals surface area contributed by atoms with Gasteiger partial charge < -0.3 is 5.32 Å². The van der Waals surface area contributed by atoms with Crippen molar-refractivity contribution in [2.45, 2.75) is 19.9 Å². The first-order valence-electron chi connectivity index (χ1n) is 6.24. The van der Waals surface area contributed by atoms with Crippen LogP contribution in [0.15, 0.2) is 30.3 Å². The molecule has 98 valence electrons. The molecule has 4 heteroatoms. The number of rotatable bonds is 5. The molecular formula is C15H15FN2S. The van der Waals surface area contributed by atoms with Crippen molar-refractivity contribution in [3.63, 3.8) is 0 Å². The first-order chi connectivity index (χ1) is 9.24. The van der Waals surface area contributed by atoms with E-state index in [0.29, 0.717) is 11.4 Å². The third-order valence-electron chi connectivity index (χ3n) is 2.79. The minimum atomic E-state index is -0.228. The molecule has 0 spiro atoms. The smallest absolute Gasteiger partial charge is 0.123 e. The van der Waals surface area contributed by atoms with Gasteiger partial charge >= 0.3 is 0 Å². The van der Waals surface area contributed by atoms with Crippen LogP contribution in [0.25, 0.3) is 10.4 Å². The van der Waals surface area contributed by atoms with E-state index in [0.717, 1.165) is 29.0 Å². The van der Waals surface area contributed by atoms with Crippen molar-refractivity contribution in [3.05, 3.63) is 46.6 Å². The summed E-state index contributed by atoms with van der Waals surface area (Å²) in [6.45, 7) is 3.64. The molecule has 0 fully saturated rings. The average Bonchev–Trinajstić information content (AvgIpc) is 2.88. The Labute approximate surface area is 116 Å². The van der Waals surface area contributed by atoms with Crippen molar-refractivity contribution >= 4 is 11.3 Å². The molecule has 0 aliphatic heterocycles. The normalized spacial score (nSPS) is 10.4. The van der Waals surface area contributed by atoms with Gasteiger partial charge in [0, 0.05) is 11.4 Å². The lowest BCUT2D eigenvalue weighted by Gasteiger charge is -2.09. The number of thiophene rings is 1. The lowest BCUT2D eigenvalue weighted by atomic mass is 10.1. The fourth-order valence-electron chi connectivity index (χ4n) is 1.89. The van der Waals surface area contributed by atoms with E-state index in [4.69, 9.17) is 5.26 Å². The van der Waals surface area contributed by atoms with Gasteiger partial charge in [-0.2, -0.15) is 5.26 Å². The third-order valence-corrected chi connectivity index (χ3v) is 3.81. The van der Waals surface area contributed by atoms with Crippen LogP contribution >= 0.6 is 11.3 Å². The van der Waals surface area contributed by atoms with Crippen molar-refractivity contribution in [1.82, 2.24) is 5.32 Å². The molecule has 0 saturated heterocycles. The number of benzene rings is 1. The predicted octanol–water partition coefficient (Wildman–Crippen LogP) is 3.93. The summed E-state index contributed by atoms with van der Waals surface area (Å²) in [6.07, 6.45) is 1.04. The van der Waals surface area contributed by atoms with E-state index in [2.05, 4.69) is 18.3 Å². The monoisotopic (exact) mass is 274 g/mol. The molecule has 0 aliphatic carbocycles. The molecule has 1 N–H and O–H groups in total. The van der Waals surface area contributed by atoms with E-state index < -0.39 is 0 Å². The van der Waals surface area contributed by atoms with Gasteiger partial charge in [-0.25, -0.2) is 4.39 Å². The Hall–Kier alpha value is -1.70. The van der Waals surface area contributed by atoms with Crippen LogP contribution in [0.1, 0.15) is 23.8 Å². The summed E-state index contributed by atoms with van der Waals surface area (Å²) in [5, 5.41) is 12.2. The summed E-state index contributed by atoms with van der Waals surface area (Å²) < 4.78 is 13.4. The molecule has 0 bridgehead atoms. The zero-order chi connectivity index (χ0) is 13.7. The highest BCUT2D eigenvalue weighted by atomic mass is 32.1. The highest BCUT2D eigenvalue weighted by Crippen LogP contribution is 2.31. The fraction of sp³-hybridized carbons (Fsp3) is 0.267. The van der Waals surface area contributed by atoms with Crippen molar-refractivity contribution in [3.8, 4) is 16.5 Å². The summed E-state index contributed by atoms with van der Waals surface area (Å²) in [7, 11) is 0. The highest BCUT2D eigenvalue weighted by Gasteiger charge is 2.09. The van der Waals surface area contributed by atoms with Crippen molar-refractivity contribution in [2.24, 2.45) is 0 Å². The zero-order valence-corrected chi connectivity index (χ0v) is 11.6. The van der Waals surface area contributed by atoms with Crippen molar-refractivity contribution in [2.75, 3.05) is 6.54 Å². The molecule has 19 heavy (non-hydrogen) atoms. The second kappa shape index (κ2) is 6.46. The average molecular weight is 274 g/mol. The Morgan fingerprint density at radius 1 is 1.32 bits per heavy atom. The molecule has 1 heterocycles. The van der Waals surface area contributed by atoms with Gasteiger partial charge in [0.05, 0.1) is 0 Å². The lowest BCUT2D eigenvalue weighted by Crippen LogP contribution is -2.14. The number of hydrogen-bond acceptors (Lipinski definition) is 3. The minimum Gasteiger partial charge on any atom is -0.313 e. The Morgan fingerprint density at radius 3 is 2.84 bits per heavy atom. The largest absolute Gasteiger partial charge is 0.313 e. The summed E-state index contributed by atoms with van der Waals surface area (Å²) in [5.74, 6) is -0.228. The van der Waals surface area contributed by atoms with Crippen molar-refractivity contribution in [1.29, 1.82) is 5.26 Å². The minimum absolute atomic E-state index is 0.228. The molecule has 2 aromatic rings. The molecule has 1 aromatic heterocycles. The number of nitriles is 1. The van der Waals surface area contributed by atoms with E-state index in [-0.39, 0.29) is 5.82 Å². The lowest BCUT2D eigenvalue weighted by molar-refractivity contribution is 0.619. The fourth-order valence-corrected chi connectivity index (χ4v) is 2.76. The molecular weight excluding hydrogens is 259 g/mol. The number of nitrogens with one attached hydrogen (secondary N) is 1. The van der Waals surface area contributed by atoms with E-state index >= 15 is 0 Å². The summed E-state index contributed by atoms with van der Waals surface area (Å²) in [5.41, 5.74) is 1.93. The molecule has 0 aliphatic rings. The van der Waals surface area contributed by atoms with Crippen LogP contribution in [0.2, 0.25) is 0 Å². The van der Waals surface area contributed by atoms with Crippen LogP contribution in [0.3, 0.4) is 0 Å². The first-order valence-corrected chi connectivity index (χ1v) is 7.05. The maximum absolute atomic E-state index is 13.4. The predicted molar refractivity (Wildman–Crippen MR) is 76.4 cm³/mol. The van der Waals surface area contributed by atoms with E-state index in [9.17, 15) is 4.39 Å². The number of hydrogen-bond donors (Lipinski definition) is 1. The number of halogens is 1. The number of nitrogens with zero attached hydrogens (tertiary/aromatic N) is 1. The standard InChI is InChI=1S/C15H15FN2S/c1-2-7-18-10-11-8-12(16)3-5-14(11)15-6-4-13(9-17)19-15/h3-6,8,18H,2,7,10H2,1H3. The SMILES string of the molecule is CCCNCc1cc(F)ccc1-c1ccc(C#N)s1. The highest BCUT2D eigenvalue weighted by molar-refractivity contribution is 7.16. The summed E-state index contributed by atoms with van der Waals surface area (Å²) in [4.78, 5) is 1.68. The molecule has 0 amide bonds. The van der Waals surface area contributed by atoms with Gasteiger partial charge in [-0.1, -0.05) is 13.0 Å². The molecule has 0 unspecified atom stereocenters. The maximum Gasteiger partial charge on any atom is 0.123 e. The van der Waals surface area contributed by atoms with Gasteiger partial charge in [-0.3, -0.25) is 0 Å². The molecule has 2 nitrogen and oxygen atoms in total. The van der Waals surface area contributed by atoms with E-state index in [1.54, 1.807) is 18.2 Å². The second-order valence-corrected chi connectivity index (χ2v) is 5.34. The molecule has 0 radical (unpaired) electrons. The van der Waals surface area contributed by atoms with Crippen LogP contribution in [0.4, 0.5) is 4.39 Å². The molecule has 0 saturated carbocycles. The quantitative estimate of drug-likeness (QED) is 0.839. The van der Waals surface area contributed by atoms with Gasteiger partial charge in [0.1, 0.15) is 16.8 Å². The Kier molecular flexibility index (Phi) is 4.67. The van der Waals surface area contributed by atoms with E-state index in [1.807, 2.05) is 6.07 Å². The Bertz CT molecular complexity index is 598. The summed E-state index contributed by atoms with van der Waals surface area (Å²) in [6, 6.07) is 10.6. The van der Waals surface area contributed by atoms with Crippen LogP contribution in [0.5, 0.6) is 0 Å². The first kappa shape index (κ1) is 13.7. The van der Waals surface area contributed by atoms with Crippen molar-refractivity contribution < 1.29 is 4.39 Å². The van der Waals surface area contributed by atoms with Crippen LogP contribution in [0, 0.1) is 17.1 Å². The van der Waals surface area contributed by atoms with Gasteiger partial charge in [-0.05, 0) is 48.4 Å². The van der Waals surface area contributed by atoms with Crippen LogP contribution in [-0.2, 0) is 6.54 Å². The molecule has 1 aromatic carbocycles. The Balaban J connectivity index is 2.30. The van der Waals surface area contributed by atoms with Gasteiger partial charge in [0.2, 0.25) is 0 Å². The Morgan fingerprint density at radius 2 is 2.16 bits per heavy atom. The van der Waals surface area contributed by atoms with Gasteiger partial charge in [-0.15, -0.1) is 11.3 Å². The maximum atomic E-state index is 13.4. The van der Waals surface area contributed by atoms with Crippen LogP contribution in [-0.4, -0.2) is 6.54 Å². The third kappa shape index (κ3) is 3.40. The topological polar surface area (TPSA) is 35.8 Å².